The third kappa shape index (κ3) is 5.68. The van der Waals surface area contributed by atoms with Gasteiger partial charge in [0.2, 0.25) is 0 Å². The van der Waals surface area contributed by atoms with E-state index in [1.54, 1.807) is 0 Å². The van der Waals surface area contributed by atoms with E-state index in [1.807, 2.05) is 0 Å². The fourth-order valence-corrected chi connectivity index (χ4v) is 4.28. The van der Waals surface area contributed by atoms with E-state index in [4.69, 9.17) is 9.79 Å². The molecule has 3 rings (SSSR count). The second kappa shape index (κ2) is 8.11. The fourth-order valence-electron chi connectivity index (χ4n) is 3.72. The monoisotopic (exact) mass is 352 g/mol. The normalized spacial score (nSPS) is 25.8. The van der Waals surface area contributed by atoms with Gasteiger partial charge in [0, 0.05) is 12.0 Å². The Morgan fingerprint density at radius 2 is 1.88 bits per heavy atom. The van der Waals surface area contributed by atoms with Crippen LogP contribution in [0.25, 0.3) is 0 Å². The predicted molar refractivity (Wildman–Crippen MR) is 96.3 cm³/mol. The van der Waals surface area contributed by atoms with E-state index in [0.29, 0.717) is 18.4 Å². The van der Waals surface area contributed by atoms with Crippen molar-refractivity contribution in [3.05, 3.63) is 35.9 Å². The van der Waals surface area contributed by atoms with Crippen LogP contribution in [0.5, 0.6) is 0 Å². The van der Waals surface area contributed by atoms with Crippen molar-refractivity contribution in [1.29, 1.82) is 0 Å². The lowest BCUT2D eigenvalue weighted by Gasteiger charge is -2.32. The predicted octanol–water partition coefficient (Wildman–Crippen LogP) is 2.41. The lowest BCUT2D eigenvalue weighted by molar-refractivity contribution is 0.182. The molecule has 1 aromatic rings. The average Bonchev–Trinajstić information content (AvgIpc) is 3.33. The van der Waals surface area contributed by atoms with Crippen LogP contribution in [-0.2, 0) is 4.57 Å². The number of piperidine rings is 1. The number of hydrogen-bond donors (Lipinski definition) is 3. The SMILES string of the molecule is O=P(O)(O)CCCN1CCC(CNC2CC2c2ccccc2)CC1. The highest BCUT2D eigenvalue weighted by Gasteiger charge is 2.38. The molecule has 6 heteroatoms. The van der Waals surface area contributed by atoms with E-state index in [9.17, 15) is 4.57 Å². The van der Waals surface area contributed by atoms with E-state index < -0.39 is 7.60 Å². The number of nitrogens with zero attached hydrogens (tertiary/aromatic N) is 1. The summed E-state index contributed by atoms with van der Waals surface area (Å²) in [6, 6.07) is 11.4. The van der Waals surface area contributed by atoms with Crippen molar-refractivity contribution in [2.24, 2.45) is 5.92 Å². The van der Waals surface area contributed by atoms with Crippen LogP contribution in [0.4, 0.5) is 0 Å². The number of benzene rings is 1. The van der Waals surface area contributed by atoms with Crippen LogP contribution in [0.1, 0.15) is 37.2 Å². The van der Waals surface area contributed by atoms with E-state index >= 15 is 0 Å². The van der Waals surface area contributed by atoms with Gasteiger partial charge in [-0.2, -0.15) is 0 Å². The van der Waals surface area contributed by atoms with Gasteiger partial charge in [-0.3, -0.25) is 4.57 Å². The molecule has 24 heavy (non-hydrogen) atoms. The molecule has 2 atom stereocenters. The van der Waals surface area contributed by atoms with Gasteiger partial charge in [-0.05, 0) is 63.3 Å². The Bertz CT molecular complexity index is 555. The number of likely N-dealkylation sites (tertiary alicyclic amines) is 1. The topological polar surface area (TPSA) is 72.8 Å². The summed E-state index contributed by atoms with van der Waals surface area (Å²) in [5.74, 6) is 1.43. The maximum atomic E-state index is 10.9. The van der Waals surface area contributed by atoms with Crippen molar-refractivity contribution < 1.29 is 14.4 Å². The zero-order valence-corrected chi connectivity index (χ0v) is 15.1. The Morgan fingerprint density at radius 1 is 1.17 bits per heavy atom. The molecule has 134 valence electrons. The molecular formula is C18H29N2O3P. The van der Waals surface area contributed by atoms with Crippen molar-refractivity contribution >= 4 is 7.60 Å². The van der Waals surface area contributed by atoms with Gasteiger partial charge in [-0.15, -0.1) is 0 Å². The quantitative estimate of drug-likeness (QED) is 0.627. The fraction of sp³-hybridized carbons (Fsp3) is 0.667. The van der Waals surface area contributed by atoms with Gasteiger partial charge in [-0.1, -0.05) is 30.3 Å². The Morgan fingerprint density at radius 3 is 2.54 bits per heavy atom. The Balaban J connectivity index is 1.29. The molecule has 1 saturated carbocycles. The zero-order chi connectivity index (χ0) is 17.0. The van der Waals surface area contributed by atoms with Gasteiger partial charge < -0.3 is 20.0 Å². The van der Waals surface area contributed by atoms with Crippen LogP contribution in [0, 0.1) is 5.92 Å². The lowest BCUT2D eigenvalue weighted by Crippen LogP contribution is -2.38. The minimum Gasteiger partial charge on any atom is -0.324 e. The Labute approximate surface area is 144 Å². The standard InChI is InChI=1S/C18H29N2O3P/c21-24(22,23)12-4-9-20-10-7-15(8-11-20)14-19-18-13-17(18)16-5-2-1-3-6-16/h1-3,5-6,15,17-19H,4,7-14H2,(H2,21,22,23). The summed E-state index contributed by atoms with van der Waals surface area (Å²) in [5.41, 5.74) is 1.45. The number of hydrogen-bond acceptors (Lipinski definition) is 3. The first-order chi connectivity index (χ1) is 11.5. The largest absolute Gasteiger partial charge is 0.325 e. The first kappa shape index (κ1) is 18.1. The molecule has 2 fully saturated rings. The number of nitrogens with one attached hydrogen (secondary N) is 1. The van der Waals surface area contributed by atoms with Gasteiger partial charge in [0.1, 0.15) is 0 Å². The molecule has 2 aliphatic rings. The molecule has 1 heterocycles. The van der Waals surface area contributed by atoms with Crippen molar-refractivity contribution in [1.82, 2.24) is 10.2 Å². The molecule has 0 spiro atoms. The molecule has 0 aromatic heterocycles. The van der Waals surface area contributed by atoms with Crippen molar-refractivity contribution in [2.75, 3.05) is 32.3 Å². The minimum atomic E-state index is -3.83. The van der Waals surface area contributed by atoms with Crippen LogP contribution in [0.3, 0.4) is 0 Å². The molecular weight excluding hydrogens is 323 g/mol. The van der Waals surface area contributed by atoms with Gasteiger partial charge in [0.05, 0.1) is 6.16 Å². The first-order valence-corrected chi connectivity index (χ1v) is 10.9. The highest BCUT2D eigenvalue weighted by atomic mass is 31.2. The highest BCUT2D eigenvalue weighted by molar-refractivity contribution is 7.51. The van der Waals surface area contributed by atoms with Crippen molar-refractivity contribution in [3.63, 3.8) is 0 Å². The van der Waals surface area contributed by atoms with Gasteiger partial charge >= 0.3 is 7.60 Å². The van der Waals surface area contributed by atoms with Gasteiger partial charge in [-0.25, -0.2) is 0 Å². The third-order valence-corrected chi connectivity index (χ3v) is 6.22. The molecule has 1 aliphatic carbocycles. The molecule has 1 saturated heterocycles. The smallest absolute Gasteiger partial charge is 0.324 e. The maximum Gasteiger partial charge on any atom is 0.325 e. The summed E-state index contributed by atoms with van der Waals surface area (Å²) < 4.78 is 10.9. The van der Waals surface area contributed by atoms with Crippen LogP contribution in [-0.4, -0.2) is 53.1 Å². The molecule has 0 amide bonds. The van der Waals surface area contributed by atoms with Crippen LogP contribution < -0.4 is 5.32 Å². The van der Waals surface area contributed by atoms with Crippen LogP contribution >= 0.6 is 7.60 Å². The number of rotatable bonds is 8. The average molecular weight is 352 g/mol. The lowest BCUT2D eigenvalue weighted by atomic mass is 9.96. The summed E-state index contributed by atoms with van der Waals surface area (Å²) in [5, 5.41) is 3.73. The van der Waals surface area contributed by atoms with E-state index in [0.717, 1.165) is 32.1 Å². The van der Waals surface area contributed by atoms with Crippen molar-refractivity contribution in [2.45, 2.75) is 37.6 Å². The summed E-state index contributed by atoms with van der Waals surface area (Å²) >= 11 is 0. The molecule has 0 bridgehead atoms. The molecule has 0 radical (unpaired) electrons. The molecule has 2 unspecified atom stereocenters. The second-order valence-electron chi connectivity index (χ2n) is 7.29. The van der Waals surface area contributed by atoms with E-state index in [-0.39, 0.29) is 6.16 Å². The van der Waals surface area contributed by atoms with Crippen LogP contribution in [0.15, 0.2) is 30.3 Å². The van der Waals surface area contributed by atoms with Gasteiger partial charge in [0.25, 0.3) is 0 Å². The molecule has 5 nitrogen and oxygen atoms in total. The molecule has 3 N–H and O–H groups in total. The summed E-state index contributed by atoms with van der Waals surface area (Å²) in [7, 11) is -3.83. The zero-order valence-electron chi connectivity index (χ0n) is 14.2. The van der Waals surface area contributed by atoms with E-state index in [1.165, 1.54) is 24.8 Å². The Kier molecular flexibility index (Phi) is 6.12. The third-order valence-electron chi connectivity index (χ3n) is 5.32. The van der Waals surface area contributed by atoms with Crippen molar-refractivity contribution in [3.8, 4) is 0 Å². The van der Waals surface area contributed by atoms with Gasteiger partial charge in [0.15, 0.2) is 0 Å². The highest BCUT2D eigenvalue weighted by Crippen LogP contribution is 2.40. The summed E-state index contributed by atoms with van der Waals surface area (Å²) in [6.45, 7) is 4.02. The first-order valence-electron chi connectivity index (χ1n) is 9.06. The molecule has 1 aliphatic heterocycles. The van der Waals surface area contributed by atoms with E-state index in [2.05, 4.69) is 40.5 Å². The van der Waals surface area contributed by atoms with Crippen LogP contribution in [0.2, 0.25) is 0 Å². The Hall–Kier alpha value is -0.710. The summed E-state index contributed by atoms with van der Waals surface area (Å²) in [6.07, 6.45) is 4.23. The molecule has 1 aromatic carbocycles. The second-order valence-corrected chi connectivity index (χ2v) is 9.07. The minimum absolute atomic E-state index is 0.0110. The summed E-state index contributed by atoms with van der Waals surface area (Å²) in [4.78, 5) is 20.2. The maximum absolute atomic E-state index is 10.9.